The summed E-state index contributed by atoms with van der Waals surface area (Å²) in [5.41, 5.74) is 1.86. The number of halogens is 2. The largest absolute Gasteiger partial charge is 0.435 e. The van der Waals surface area contributed by atoms with E-state index in [1.807, 2.05) is 12.1 Å². The third-order valence-corrected chi connectivity index (χ3v) is 4.79. The molecule has 1 aromatic carbocycles. The summed E-state index contributed by atoms with van der Waals surface area (Å²) >= 11 is 0. The van der Waals surface area contributed by atoms with Gasteiger partial charge in [-0.25, -0.2) is 9.78 Å². The van der Waals surface area contributed by atoms with Crippen molar-refractivity contribution in [2.75, 3.05) is 24.5 Å². The van der Waals surface area contributed by atoms with Crippen LogP contribution in [0.15, 0.2) is 42.6 Å². The van der Waals surface area contributed by atoms with E-state index < -0.39 is 6.61 Å². The molecule has 0 aliphatic carbocycles. The average molecular weight is 404 g/mol. The van der Waals surface area contributed by atoms with E-state index >= 15 is 0 Å². The third kappa shape index (κ3) is 6.89. The Morgan fingerprint density at radius 3 is 2.41 bits per heavy atom. The minimum Gasteiger partial charge on any atom is -0.435 e. The van der Waals surface area contributed by atoms with Gasteiger partial charge in [0.25, 0.3) is 0 Å². The van der Waals surface area contributed by atoms with Gasteiger partial charge in [-0.05, 0) is 55.0 Å². The molecule has 0 atom stereocenters. The lowest BCUT2D eigenvalue weighted by Crippen LogP contribution is -2.36. The number of hydrogen-bond acceptors (Lipinski definition) is 4. The maximum Gasteiger partial charge on any atom is 0.387 e. The zero-order valence-electron chi connectivity index (χ0n) is 16.2. The second kappa shape index (κ2) is 10.6. The molecule has 29 heavy (non-hydrogen) atoms. The maximum atomic E-state index is 12.1. The van der Waals surface area contributed by atoms with E-state index in [4.69, 9.17) is 0 Å². The molecule has 2 N–H and O–H groups in total. The standard InChI is InChI=1S/C21H26F2N4O2/c22-20(23)29-18-7-4-16(5-8-18)10-11-24-21(28)26-15-17-6-9-19(25-14-17)27-12-2-1-3-13-27/h4-9,14,20H,1-3,10-13,15H2,(H2,24,26,28). The maximum absolute atomic E-state index is 12.1. The highest BCUT2D eigenvalue weighted by atomic mass is 19.3. The van der Waals surface area contributed by atoms with E-state index in [-0.39, 0.29) is 11.8 Å². The van der Waals surface area contributed by atoms with Gasteiger partial charge in [-0.15, -0.1) is 0 Å². The number of nitrogens with zero attached hydrogens (tertiary/aromatic N) is 2. The van der Waals surface area contributed by atoms with Crippen molar-refractivity contribution in [1.29, 1.82) is 0 Å². The number of aromatic nitrogens is 1. The van der Waals surface area contributed by atoms with Crippen LogP contribution in [-0.2, 0) is 13.0 Å². The molecular weight excluding hydrogens is 378 g/mol. The van der Waals surface area contributed by atoms with E-state index in [0.717, 1.165) is 30.0 Å². The molecule has 1 aliphatic rings. The molecule has 1 aliphatic heterocycles. The van der Waals surface area contributed by atoms with Crippen molar-refractivity contribution in [2.45, 2.75) is 38.8 Å². The van der Waals surface area contributed by atoms with Crippen molar-refractivity contribution in [3.8, 4) is 5.75 Å². The van der Waals surface area contributed by atoms with E-state index in [1.54, 1.807) is 18.3 Å². The molecule has 156 valence electrons. The number of alkyl halides is 2. The lowest BCUT2D eigenvalue weighted by Gasteiger charge is -2.27. The summed E-state index contributed by atoms with van der Waals surface area (Å²) in [6.45, 7) is 0.109. The van der Waals surface area contributed by atoms with Crippen molar-refractivity contribution in [3.63, 3.8) is 0 Å². The molecule has 1 fully saturated rings. The molecule has 8 heteroatoms. The summed E-state index contributed by atoms with van der Waals surface area (Å²) in [5.74, 6) is 1.11. The lowest BCUT2D eigenvalue weighted by molar-refractivity contribution is -0.0498. The number of carbonyl (C=O) groups excluding carboxylic acids is 1. The Morgan fingerprint density at radius 1 is 1.03 bits per heavy atom. The molecule has 2 heterocycles. The lowest BCUT2D eigenvalue weighted by atomic mass is 10.1. The summed E-state index contributed by atoms with van der Waals surface area (Å²) < 4.78 is 28.6. The second-order valence-electron chi connectivity index (χ2n) is 6.95. The van der Waals surface area contributed by atoms with Gasteiger partial charge < -0.3 is 20.3 Å². The normalized spacial score (nSPS) is 14.0. The number of amides is 2. The van der Waals surface area contributed by atoms with Crippen LogP contribution in [0.5, 0.6) is 5.75 Å². The highest BCUT2D eigenvalue weighted by Gasteiger charge is 2.11. The number of hydrogen-bond donors (Lipinski definition) is 2. The van der Waals surface area contributed by atoms with Gasteiger partial charge in [-0.3, -0.25) is 0 Å². The van der Waals surface area contributed by atoms with Gasteiger partial charge in [0.15, 0.2) is 0 Å². The number of pyridine rings is 1. The van der Waals surface area contributed by atoms with Gasteiger partial charge in [-0.2, -0.15) is 8.78 Å². The Balaban J connectivity index is 1.35. The topological polar surface area (TPSA) is 66.5 Å². The van der Waals surface area contributed by atoms with Crippen LogP contribution in [0.4, 0.5) is 19.4 Å². The number of urea groups is 1. The molecule has 0 bridgehead atoms. The first-order valence-corrected chi connectivity index (χ1v) is 9.85. The van der Waals surface area contributed by atoms with Gasteiger partial charge in [0.1, 0.15) is 11.6 Å². The van der Waals surface area contributed by atoms with Crippen LogP contribution in [0.25, 0.3) is 0 Å². The Bertz CT molecular complexity index is 763. The SMILES string of the molecule is O=C(NCCc1ccc(OC(F)F)cc1)NCc1ccc(N2CCCCC2)nc1. The Kier molecular flexibility index (Phi) is 7.61. The first-order chi connectivity index (χ1) is 14.1. The molecule has 2 aromatic rings. The molecule has 1 aromatic heterocycles. The highest BCUT2D eigenvalue weighted by Crippen LogP contribution is 2.17. The molecule has 0 unspecified atom stereocenters. The molecule has 0 spiro atoms. The Morgan fingerprint density at radius 2 is 1.76 bits per heavy atom. The van der Waals surface area contributed by atoms with Crippen LogP contribution < -0.4 is 20.3 Å². The number of carbonyl (C=O) groups is 1. The monoisotopic (exact) mass is 404 g/mol. The van der Waals surface area contributed by atoms with Gasteiger partial charge in [0, 0.05) is 32.4 Å². The average Bonchev–Trinajstić information content (AvgIpc) is 2.74. The van der Waals surface area contributed by atoms with Crippen molar-refractivity contribution in [3.05, 3.63) is 53.7 Å². The Labute approximate surface area is 169 Å². The van der Waals surface area contributed by atoms with E-state index in [2.05, 4.69) is 25.3 Å². The van der Waals surface area contributed by atoms with Crippen LogP contribution in [0.2, 0.25) is 0 Å². The number of ether oxygens (including phenoxy) is 1. The first kappa shape index (κ1) is 20.8. The first-order valence-electron chi connectivity index (χ1n) is 9.85. The molecular formula is C21H26F2N4O2. The van der Waals surface area contributed by atoms with E-state index in [1.165, 1.54) is 31.4 Å². The van der Waals surface area contributed by atoms with Crippen molar-refractivity contribution in [1.82, 2.24) is 15.6 Å². The molecule has 6 nitrogen and oxygen atoms in total. The summed E-state index contributed by atoms with van der Waals surface area (Å²) in [5, 5.41) is 5.59. The van der Waals surface area contributed by atoms with Gasteiger partial charge in [0.2, 0.25) is 0 Å². The van der Waals surface area contributed by atoms with Crippen molar-refractivity contribution < 1.29 is 18.3 Å². The fraction of sp³-hybridized carbons (Fsp3) is 0.429. The second-order valence-corrected chi connectivity index (χ2v) is 6.95. The van der Waals surface area contributed by atoms with Crippen LogP contribution in [0.3, 0.4) is 0 Å². The summed E-state index contributed by atoms with van der Waals surface area (Å²) in [6.07, 6.45) is 6.09. The number of anilines is 1. The quantitative estimate of drug-likeness (QED) is 0.704. The molecule has 1 saturated heterocycles. The van der Waals surface area contributed by atoms with Crippen molar-refractivity contribution >= 4 is 11.8 Å². The summed E-state index contributed by atoms with van der Waals surface area (Å²) in [4.78, 5) is 18.7. The van der Waals surface area contributed by atoms with Crippen LogP contribution in [0, 0.1) is 0 Å². The number of nitrogens with one attached hydrogen (secondary N) is 2. The molecule has 0 saturated carbocycles. The molecule has 3 rings (SSSR count). The predicted molar refractivity (Wildman–Crippen MR) is 107 cm³/mol. The van der Waals surface area contributed by atoms with E-state index in [9.17, 15) is 13.6 Å². The zero-order valence-corrected chi connectivity index (χ0v) is 16.2. The molecule has 2 amide bonds. The smallest absolute Gasteiger partial charge is 0.387 e. The fourth-order valence-electron chi connectivity index (χ4n) is 3.23. The summed E-state index contributed by atoms with van der Waals surface area (Å²) in [6, 6.07) is 10.1. The molecule has 0 radical (unpaired) electrons. The minimum absolute atomic E-state index is 0.120. The minimum atomic E-state index is -2.83. The van der Waals surface area contributed by atoms with Gasteiger partial charge >= 0.3 is 12.6 Å². The van der Waals surface area contributed by atoms with Gasteiger partial charge in [0.05, 0.1) is 0 Å². The van der Waals surface area contributed by atoms with Crippen molar-refractivity contribution in [2.24, 2.45) is 0 Å². The highest BCUT2D eigenvalue weighted by molar-refractivity contribution is 5.73. The number of rotatable bonds is 8. The van der Waals surface area contributed by atoms with Crippen LogP contribution >= 0.6 is 0 Å². The summed E-state index contributed by atoms with van der Waals surface area (Å²) in [7, 11) is 0. The number of piperidine rings is 1. The van der Waals surface area contributed by atoms with E-state index in [0.29, 0.717) is 19.5 Å². The zero-order chi connectivity index (χ0) is 20.5. The van der Waals surface area contributed by atoms with Crippen LogP contribution in [0.1, 0.15) is 30.4 Å². The fourth-order valence-corrected chi connectivity index (χ4v) is 3.23. The third-order valence-electron chi connectivity index (χ3n) is 4.79. The predicted octanol–water partition coefficient (Wildman–Crippen LogP) is 3.72. The van der Waals surface area contributed by atoms with Crippen LogP contribution in [-0.4, -0.2) is 37.3 Å². The van der Waals surface area contributed by atoms with Gasteiger partial charge in [-0.1, -0.05) is 18.2 Å². The Hall–Kier alpha value is -2.90. The number of benzene rings is 1.